The molecule has 0 bridgehead atoms. The molecule has 0 spiro atoms. The van der Waals surface area contributed by atoms with Crippen LogP contribution in [0.25, 0.3) is 0 Å². The van der Waals surface area contributed by atoms with Crippen LogP contribution in [0.1, 0.15) is 66.1 Å². The third-order valence-electron chi connectivity index (χ3n) is 3.27. The van der Waals surface area contributed by atoms with E-state index in [2.05, 4.69) is 53.1 Å². The number of hydrogen-bond acceptors (Lipinski definition) is 1. The van der Waals surface area contributed by atoms with Crippen molar-refractivity contribution in [2.45, 2.75) is 72.3 Å². The molecule has 0 unspecified atom stereocenters. The lowest BCUT2D eigenvalue weighted by Gasteiger charge is -2.26. The van der Waals surface area contributed by atoms with Crippen molar-refractivity contribution in [2.24, 2.45) is 7.05 Å². The molecule has 0 saturated carbocycles. The Kier molecular flexibility index (Phi) is 3.85. The predicted molar refractivity (Wildman–Crippen MR) is 77.4 cm³/mol. The van der Waals surface area contributed by atoms with E-state index in [1.165, 1.54) is 0 Å². The molecule has 3 nitrogen and oxygen atoms in total. The smallest absolute Gasteiger partial charge is 0.270 e. The molecule has 0 aliphatic carbocycles. The zero-order valence-corrected chi connectivity index (χ0v) is 13.2. The SMILES string of the molecule is CCCn1c(=O)c(C(C)(C)C)c(C(C)(C)C)n1C. The summed E-state index contributed by atoms with van der Waals surface area (Å²) in [6.45, 7) is 15.8. The second kappa shape index (κ2) is 4.60. The standard InChI is InChI=1S/C15H28N2O/c1-9-10-17-13(18)11(14(2,3)4)12(16(17)8)15(5,6)7/h9-10H2,1-8H3. The third kappa shape index (κ3) is 2.55. The van der Waals surface area contributed by atoms with E-state index in [4.69, 9.17) is 0 Å². The van der Waals surface area contributed by atoms with Gasteiger partial charge in [0.15, 0.2) is 0 Å². The molecule has 0 saturated heterocycles. The van der Waals surface area contributed by atoms with Crippen molar-refractivity contribution < 1.29 is 0 Å². The average molecular weight is 252 g/mol. The van der Waals surface area contributed by atoms with Gasteiger partial charge in [0.05, 0.1) is 0 Å². The monoisotopic (exact) mass is 252 g/mol. The van der Waals surface area contributed by atoms with Crippen LogP contribution in [-0.4, -0.2) is 9.36 Å². The van der Waals surface area contributed by atoms with Gasteiger partial charge in [-0.25, -0.2) is 0 Å². The van der Waals surface area contributed by atoms with Gasteiger partial charge in [0.1, 0.15) is 0 Å². The molecule has 0 aromatic carbocycles. The van der Waals surface area contributed by atoms with E-state index in [9.17, 15) is 4.79 Å². The lowest BCUT2D eigenvalue weighted by atomic mass is 9.79. The fourth-order valence-electron chi connectivity index (χ4n) is 2.65. The molecule has 104 valence electrons. The van der Waals surface area contributed by atoms with Gasteiger partial charge in [-0.1, -0.05) is 48.5 Å². The zero-order chi connectivity index (χ0) is 14.3. The molecule has 1 aromatic heterocycles. The van der Waals surface area contributed by atoms with Crippen LogP contribution in [0.2, 0.25) is 0 Å². The minimum Gasteiger partial charge on any atom is -0.289 e. The molecule has 0 N–H and O–H groups in total. The average Bonchev–Trinajstić information content (AvgIpc) is 2.40. The van der Waals surface area contributed by atoms with Crippen LogP contribution in [-0.2, 0) is 24.4 Å². The summed E-state index contributed by atoms with van der Waals surface area (Å²) in [5, 5.41) is 0. The van der Waals surface area contributed by atoms with Gasteiger partial charge < -0.3 is 0 Å². The maximum atomic E-state index is 12.6. The van der Waals surface area contributed by atoms with Crippen molar-refractivity contribution in [2.75, 3.05) is 0 Å². The molecule has 0 aliphatic rings. The maximum absolute atomic E-state index is 12.6. The fraction of sp³-hybridized carbons (Fsp3) is 0.800. The molecule has 3 heteroatoms. The molecular formula is C15H28N2O. The summed E-state index contributed by atoms with van der Waals surface area (Å²) in [5.41, 5.74) is 2.17. The first-order valence-electron chi connectivity index (χ1n) is 6.82. The molecule has 0 radical (unpaired) electrons. The summed E-state index contributed by atoms with van der Waals surface area (Å²) < 4.78 is 3.94. The Hall–Kier alpha value is -0.990. The van der Waals surface area contributed by atoms with Crippen LogP contribution in [0.5, 0.6) is 0 Å². The Labute approximate surface area is 111 Å². The van der Waals surface area contributed by atoms with E-state index in [1.54, 1.807) is 0 Å². The number of rotatable bonds is 2. The molecule has 0 atom stereocenters. The van der Waals surface area contributed by atoms with Crippen LogP contribution in [0, 0.1) is 0 Å². The van der Waals surface area contributed by atoms with Gasteiger partial charge in [0.2, 0.25) is 0 Å². The Morgan fingerprint density at radius 3 is 1.78 bits per heavy atom. The minimum atomic E-state index is -0.115. The van der Waals surface area contributed by atoms with Crippen LogP contribution < -0.4 is 5.56 Å². The Morgan fingerprint density at radius 2 is 1.50 bits per heavy atom. The van der Waals surface area contributed by atoms with E-state index in [0.29, 0.717) is 0 Å². The second-order valence-corrected chi connectivity index (χ2v) is 7.18. The first-order valence-corrected chi connectivity index (χ1v) is 6.82. The van der Waals surface area contributed by atoms with Crippen molar-refractivity contribution in [3.8, 4) is 0 Å². The summed E-state index contributed by atoms with van der Waals surface area (Å²) in [6, 6.07) is 0. The Morgan fingerprint density at radius 1 is 1.00 bits per heavy atom. The molecular weight excluding hydrogens is 224 g/mol. The number of nitrogens with zero attached hydrogens (tertiary/aromatic N) is 2. The highest BCUT2D eigenvalue weighted by atomic mass is 16.1. The number of hydrogen-bond donors (Lipinski definition) is 0. The van der Waals surface area contributed by atoms with E-state index in [1.807, 2.05) is 11.7 Å². The largest absolute Gasteiger partial charge is 0.289 e. The highest BCUT2D eigenvalue weighted by molar-refractivity contribution is 5.31. The van der Waals surface area contributed by atoms with E-state index < -0.39 is 0 Å². The second-order valence-electron chi connectivity index (χ2n) is 7.18. The quantitative estimate of drug-likeness (QED) is 0.794. The number of aromatic nitrogens is 2. The van der Waals surface area contributed by atoms with Gasteiger partial charge >= 0.3 is 0 Å². The lowest BCUT2D eigenvalue weighted by Crippen LogP contribution is -2.28. The van der Waals surface area contributed by atoms with Crippen LogP contribution in [0.15, 0.2) is 4.79 Å². The van der Waals surface area contributed by atoms with Gasteiger partial charge in [0.25, 0.3) is 5.56 Å². The molecule has 0 fully saturated rings. The lowest BCUT2D eigenvalue weighted by molar-refractivity contribution is 0.435. The first kappa shape index (κ1) is 15.1. The molecule has 0 aliphatic heterocycles. The third-order valence-corrected chi connectivity index (χ3v) is 3.27. The van der Waals surface area contributed by atoms with E-state index in [-0.39, 0.29) is 16.4 Å². The van der Waals surface area contributed by atoms with Gasteiger partial charge in [-0.05, 0) is 11.8 Å². The summed E-state index contributed by atoms with van der Waals surface area (Å²) in [4.78, 5) is 12.6. The van der Waals surface area contributed by atoms with Crippen molar-refractivity contribution >= 4 is 0 Å². The topological polar surface area (TPSA) is 26.9 Å². The first-order chi connectivity index (χ1) is 8.01. The summed E-state index contributed by atoms with van der Waals surface area (Å²) in [7, 11) is 2.01. The highest BCUT2D eigenvalue weighted by Gasteiger charge is 2.33. The van der Waals surface area contributed by atoms with Crippen LogP contribution in [0.4, 0.5) is 0 Å². The Bertz CT molecular complexity index is 478. The van der Waals surface area contributed by atoms with Gasteiger partial charge in [-0.3, -0.25) is 14.2 Å². The fourth-order valence-corrected chi connectivity index (χ4v) is 2.65. The summed E-state index contributed by atoms with van der Waals surface area (Å²) >= 11 is 0. The van der Waals surface area contributed by atoms with E-state index in [0.717, 1.165) is 24.2 Å². The molecule has 1 aromatic rings. The van der Waals surface area contributed by atoms with Gasteiger partial charge in [0, 0.05) is 30.3 Å². The zero-order valence-electron chi connectivity index (χ0n) is 13.2. The Balaban J connectivity index is 3.69. The van der Waals surface area contributed by atoms with E-state index >= 15 is 0 Å². The van der Waals surface area contributed by atoms with Crippen LogP contribution in [0.3, 0.4) is 0 Å². The summed E-state index contributed by atoms with van der Waals surface area (Å²) in [5.74, 6) is 0. The van der Waals surface area contributed by atoms with Gasteiger partial charge in [-0.15, -0.1) is 0 Å². The molecule has 18 heavy (non-hydrogen) atoms. The molecule has 1 heterocycles. The molecule has 0 amide bonds. The highest BCUT2D eigenvalue weighted by Crippen LogP contribution is 2.31. The van der Waals surface area contributed by atoms with Crippen molar-refractivity contribution in [3.63, 3.8) is 0 Å². The van der Waals surface area contributed by atoms with Crippen molar-refractivity contribution in [1.29, 1.82) is 0 Å². The normalized spacial score (nSPS) is 13.1. The maximum Gasteiger partial charge on any atom is 0.270 e. The van der Waals surface area contributed by atoms with Crippen molar-refractivity contribution in [3.05, 3.63) is 21.6 Å². The van der Waals surface area contributed by atoms with Crippen LogP contribution >= 0.6 is 0 Å². The minimum absolute atomic E-state index is 0.0183. The predicted octanol–water partition coefficient (Wildman–Crippen LogP) is 3.19. The van der Waals surface area contributed by atoms with Crippen molar-refractivity contribution in [1.82, 2.24) is 9.36 Å². The molecule has 1 rings (SSSR count). The summed E-state index contributed by atoms with van der Waals surface area (Å²) in [6.07, 6.45) is 0.977. The van der Waals surface area contributed by atoms with Gasteiger partial charge in [-0.2, -0.15) is 0 Å².